The summed E-state index contributed by atoms with van der Waals surface area (Å²) < 4.78 is 51.3. The van der Waals surface area contributed by atoms with E-state index < -0.39 is 17.6 Å². The summed E-state index contributed by atoms with van der Waals surface area (Å²) in [5.74, 6) is -0.482. The van der Waals surface area contributed by atoms with Gasteiger partial charge in [-0.15, -0.1) is 0 Å². The molecule has 1 aliphatic rings. The Balaban J connectivity index is 1.68. The molecule has 136 valence electrons. The first kappa shape index (κ1) is 18.4. The number of hydrogen-bond donors (Lipinski definition) is 0. The van der Waals surface area contributed by atoms with Gasteiger partial charge in [-0.1, -0.05) is 30.0 Å². The molecule has 8 heteroatoms. The number of amidine groups is 1. The first-order chi connectivity index (χ1) is 12.3. The summed E-state index contributed by atoms with van der Waals surface area (Å²) in [4.78, 5) is 18.2. The van der Waals surface area contributed by atoms with Crippen molar-refractivity contribution in [1.29, 1.82) is 0 Å². The van der Waals surface area contributed by atoms with Gasteiger partial charge in [-0.05, 0) is 35.9 Å². The highest BCUT2D eigenvalue weighted by atomic mass is 32.2. The molecule has 3 rings (SSSR count). The molecule has 0 fully saturated rings. The normalized spacial score (nSPS) is 14.5. The number of thioether (sulfide) groups is 1. The van der Waals surface area contributed by atoms with Crippen LogP contribution in [0, 0.1) is 5.82 Å². The van der Waals surface area contributed by atoms with E-state index >= 15 is 0 Å². The number of rotatable bonds is 3. The average molecular weight is 382 g/mol. The van der Waals surface area contributed by atoms with Gasteiger partial charge in [-0.3, -0.25) is 14.7 Å². The lowest BCUT2D eigenvalue weighted by Gasteiger charge is -2.18. The second kappa shape index (κ2) is 7.49. The number of alkyl halides is 3. The van der Waals surface area contributed by atoms with Gasteiger partial charge in [0.05, 0.1) is 12.1 Å². The van der Waals surface area contributed by atoms with E-state index in [1.807, 2.05) is 0 Å². The van der Waals surface area contributed by atoms with Crippen LogP contribution in [0.4, 0.5) is 17.6 Å². The van der Waals surface area contributed by atoms with Crippen molar-refractivity contribution in [2.24, 2.45) is 4.99 Å². The molecule has 0 bridgehead atoms. The predicted octanol–water partition coefficient (Wildman–Crippen LogP) is 4.59. The minimum atomic E-state index is -4.39. The maximum atomic E-state index is 13.0. The van der Waals surface area contributed by atoms with E-state index in [1.165, 1.54) is 47.0 Å². The third kappa shape index (κ3) is 4.24. The van der Waals surface area contributed by atoms with Crippen molar-refractivity contribution in [3.8, 4) is 0 Å². The molecule has 26 heavy (non-hydrogen) atoms. The van der Waals surface area contributed by atoms with Crippen LogP contribution in [0.15, 0.2) is 53.5 Å². The quantitative estimate of drug-likeness (QED) is 0.728. The van der Waals surface area contributed by atoms with Gasteiger partial charge in [0.25, 0.3) is 5.91 Å². The van der Waals surface area contributed by atoms with Crippen LogP contribution in [0.25, 0.3) is 0 Å². The fourth-order valence-corrected chi connectivity index (χ4v) is 3.46. The fraction of sp³-hybridized carbons (Fsp3) is 0.222. The molecule has 1 aliphatic heterocycles. The summed E-state index contributed by atoms with van der Waals surface area (Å²) in [5, 5.41) is 0.455. The first-order valence-corrected chi connectivity index (χ1v) is 8.74. The highest BCUT2D eigenvalue weighted by Crippen LogP contribution is 2.30. The van der Waals surface area contributed by atoms with E-state index in [4.69, 9.17) is 0 Å². The molecule has 0 spiro atoms. The van der Waals surface area contributed by atoms with Crippen LogP contribution in [-0.4, -0.2) is 29.1 Å². The first-order valence-electron chi connectivity index (χ1n) is 7.75. The lowest BCUT2D eigenvalue weighted by atomic mass is 10.1. The number of hydrogen-bond acceptors (Lipinski definition) is 3. The molecule has 2 aromatic carbocycles. The minimum absolute atomic E-state index is 0.260. The van der Waals surface area contributed by atoms with Gasteiger partial charge in [-0.25, -0.2) is 4.39 Å². The molecular weight excluding hydrogens is 368 g/mol. The monoisotopic (exact) mass is 382 g/mol. The average Bonchev–Trinajstić information content (AvgIpc) is 3.08. The maximum Gasteiger partial charge on any atom is 0.416 e. The zero-order valence-corrected chi connectivity index (χ0v) is 14.3. The Labute approximate surface area is 151 Å². The molecule has 0 atom stereocenters. The summed E-state index contributed by atoms with van der Waals surface area (Å²) in [5.41, 5.74) is 0.123. The Kier molecular flexibility index (Phi) is 5.31. The Morgan fingerprint density at radius 3 is 2.58 bits per heavy atom. The van der Waals surface area contributed by atoms with Crippen LogP contribution in [0.5, 0.6) is 0 Å². The number of aliphatic imine (C=N–C) groups is 1. The molecule has 0 aliphatic carbocycles. The summed E-state index contributed by atoms with van der Waals surface area (Å²) >= 11 is 1.20. The van der Waals surface area contributed by atoms with Gasteiger partial charge in [0.15, 0.2) is 5.17 Å². The van der Waals surface area contributed by atoms with Gasteiger partial charge < -0.3 is 0 Å². The zero-order valence-electron chi connectivity index (χ0n) is 13.5. The molecule has 0 aromatic heterocycles. The SMILES string of the molecule is O=C(c1ccc(F)cc1)N1CCN=C1SCc1cccc(C(F)(F)F)c1. The molecule has 0 radical (unpaired) electrons. The number of benzene rings is 2. The Morgan fingerprint density at radius 1 is 1.15 bits per heavy atom. The third-order valence-electron chi connectivity index (χ3n) is 3.76. The molecule has 0 saturated carbocycles. The van der Waals surface area contributed by atoms with E-state index in [2.05, 4.69) is 4.99 Å². The summed E-state index contributed by atoms with van der Waals surface area (Å²) in [6.07, 6.45) is -4.39. The maximum absolute atomic E-state index is 13.0. The lowest BCUT2D eigenvalue weighted by molar-refractivity contribution is -0.137. The van der Waals surface area contributed by atoms with Crippen LogP contribution >= 0.6 is 11.8 Å². The standard InChI is InChI=1S/C18H14F4N2OS/c19-15-6-4-13(5-7-15)16(25)24-9-8-23-17(24)26-11-12-2-1-3-14(10-12)18(20,21)22/h1-7,10H,8-9,11H2. The highest BCUT2D eigenvalue weighted by Gasteiger charge is 2.30. The van der Waals surface area contributed by atoms with Crippen LogP contribution in [0.1, 0.15) is 21.5 Å². The molecule has 0 saturated heterocycles. The van der Waals surface area contributed by atoms with Gasteiger partial charge in [0, 0.05) is 17.9 Å². The highest BCUT2D eigenvalue weighted by molar-refractivity contribution is 8.13. The van der Waals surface area contributed by atoms with Crippen LogP contribution in [0.2, 0.25) is 0 Å². The summed E-state index contributed by atoms with van der Waals surface area (Å²) in [7, 11) is 0. The Hall–Kier alpha value is -2.35. The van der Waals surface area contributed by atoms with Crippen LogP contribution in [0.3, 0.4) is 0 Å². The van der Waals surface area contributed by atoms with Gasteiger partial charge in [0.1, 0.15) is 5.82 Å². The second-order valence-corrected chi connectivity index (χ2v) is 6.56. The number of amides is 1. The van der Waals surface area contributed by atoms with E-state index in [0.717, 1.165) is 12.1 Å². The third-order valence-corrected chi connectivity index (χ3v) is 4.85. The van der Waals surface area contributed by atoms with E-state index in [0.29, 0.717) is 29.4 Å². The zero-order chi connectivity index (χ0) is 18.7. The molecule has 1 heterocycles. The van der Waals surface area contributed by atoms with E-state index in [9.17, 15) is 22.4 Å². The van der Waals surface area contributed by atoms with Gasteiger partial charge in [0.2, 0.25) is 0 Å². The summed E-state index contributed by atoms with van der Waals surface area (Å²) in [6.45, 7) is 0.818. The van der Waals surface area contributed by atoms with Crippen molar-refractivity contribution in [1.82, 2.24) is 4.90 Å². The Bertz CT molecular complexity index is 834. The summed E-state index contributed by atoms with van der Waals surface area (Å²) in [6, 6.07) is 10.3. The molecular formula is C18H14F4N2OS. The van der Waals surface area contributed by atoms with E-state index in [-0.39, 0.29) is 11.7 Å². The number of carbonyl (C=O) groups excluding carboxylic acids is 1. The van der Waals surface area contributed by atoms with Crippen LogP contribution in [-0.2, 0) is 11.9 Å². The Morgan fingerprint density at radius 2 is 1.88 bits per heavy atom. The number of halogens is 4. The van der Waals surface area contributed by atoms with Crippen molar-refractivity contribution in [3.63, 3.8) is 0 Å². The van der Waals surface area contributed by atoms with Crippen molar-refractivity contribution in [2.45, 2.75) is 11.9 Å². The predicted molar refractivity (Wildman–Crippen MR) is 92.5 cm³/mol. The van der Waals surface area contributed by atoms with Crippen molar-refractivity contribution in [2.75, 3.05) is 13.1 Å². The smallest absolute Gasteiger partial charge is 0.286 e. The van der Waals surface area contributed by atoms with Gasteiger partial charge in [-0.2, -0.15) is 13.2 Å². The van der Waals surface area contributed by atoms with Crippen LogP contribution < -0.4 is 0 Å². The molecule has 0 unspecified atom stereocenters. The van der Waals surface area contributed by atoms with Crippen molar-refractivity contribution >= 4 is 22.8 Å². The molecule has 1 amide bonds. The van der Waals surface area contributed by atoms with Gasteiger partial charge >= 0.3 is 6.18 Å². The molecule has 2 aromatic rings. The van der Waals surface area contributed by atoms with Crippen molar-refractivity contribution in [3.05, 3.63) is 71.0 Å². The molecule has 0 N–H and O–H groups in total. The minimum Gasteiger partial charge on any atom is -0.286 e. The second-order valence-electron chi connectivity index (χ2n) is 5.61. The number of carbonyl (C=O) groups is 1. The largest absolute Gasteiger partial charge is 0.416 e. The van der Waals surface area contributed by atoms with Crippen molar-refractivity contribution < 1.29 is 22.4 Å². The number of nitrogens with zero attached hydrogens (tertiary/aromatic N) is 2. The molecule has 3 nitrogen and oxygen atoms in total. The topological polar surface area (TPSA) is 32.7 Å². The fourth-order valence-electron chi connectivity index (χ4n) is 2.47. The lowest BCUT2D eigenvalue weighted by Crippen LogP contribution is -2.32. The van der Waals surface area contributed by atoms with E-state index in [1.54, 1.807) is 6.07 Å².